The van der Waals surface area contributed by atoms with E-state index in [1.165, 1.54) is 21.5 Å². The van der Waals surface area contributed by atoms with Crippen LogP contribution in [0.5, 0.6) is 0 Å². The summed E-state index contributed by atoms with van der Waals surface area (Å²) in [6.45, 7) is 2.24. The predicted octanol–water partition coefficient (Wildman–Crippen LogP) is 4.00. The minimum Gasteiger partial charge on any atom is -0.0622 e. The first-order chi connectivity index (χ1) is 10.4. The largest absolute Gasteiger partial charge is 0.0622 e. The second-order valence-electron chi connectivity index (χ2n) is 4.99. The van der Waals surface area contributed by atoms with Crippen LogP contribution in [-0.2, 0) is 28.8 Å². The van der Waals surface area contributed by atoms with E-state index in [1.54, 1.807) is 0 Å². The summed E-state index contributed by atoms with van der Waals surface area (Å²) in [5.74, 6) is 0. The molecule has 0 aromatic heterocycles. The van der Waals surface area contributed by atoms with Crippen LogP contribution in [-0.4, -0.2) is 0 Å². The zero-order chi connectivity index (χ0) is 14.5. The molecule has 0 bridgehead atoms. The standard InChI is InChI=1S/C20H19P.Au/c1-2-17-11-9-10-16-20(17)21(18-12-5-3-6-13-18)19-14-7-4-8-15-19;/h3-16H,2H2,1H3;. The van der Waals surface area contributed by atoms with E-state index in [9.17, 15) is 0 Å². The summed E-state index contributed by atoms with van der Waals surface area (Å²) in [4.78, 5) is 0. The Hall–Kier alpha value is -1.17. The van der Waals surface area contributed by atoms with Gasteiger partial charge >= 0.3 is 0 Å². The third kappa shape index (κ3) is 3.77. The second kappa shape index (κ2) is 8.46. The molecule has 1 radical (unpaired) electrons. The molecule has 0 N–H and O–H groups in total. The molecule has 0 amide bonds. The Balaban J connectivity index is 0.00000176. The fraction of sp³-hybridized carbons (Fsp3) is 0.100. The predicted molar refractivity (Wildman–Crippen MR) is 94.5 cm³/mol. The summed E-state index contributed by atoms with van der Waals surface area (Å²) >= 11 is 0. The van der Waals surface area contributed by atoms with E-state index in [1.807, 2.05) is 0 Å². The molecule has 0 spiro atoms. The van der Waals surface area contributed by atoms with E-state index in [4.69, 9.17) is 0 Å². The van der Waals surface area contributed by atoms with Crippen LogP contribution in [0.3, 0.4) is 0 Å². The van der Waals surface area contributed by atoms with Gasteiger partial charge in [-0.25, -0.2) is 0 Å². The van der Waals surface area contributed by atoms with Crippen molar-refractivity contribution in [1.82, 2.24) is 0 Å². The summed E-state index contributed by atoms with van der Waals surface area (Å²) in [7, 11) is -0.473. The Bertz CT molecular complexity index is 656. The summed E-state index contributed by atoms with van der Waals surface area (Å²) in [6, 6.07) is 30.6. The summed E-state index contributed by atoms with van der Waals surface area (Å²) < 4.78 is 0. The van der Waals surface area contributed by atoms with E-state index in [0.717, 1.165) is 6.42 Å². The minimum atomic E-state index is -0.473. The maximum absolute atomic E-state index is 2.30. The van der Waals surface area contributed by atoms with Gasteiger partial charge in [0.05, 0.1) is 0 Å². The Labute approximate surface area is 149 Å². The van der Waals surface area contributed by atoms with Crippen LogP contribution in [0.2, 0.25) is 0 Å². The van der Waals surface area contributed by atoms with E-state index in [0.29, 0.717) is 0 Å². The van der Waals surface area contributed by atoms with Crippen molar-refractivity contribution in [2.24, 2.45) is 0 Å². The van der Waals surface area contributed by atoms with E-state index >= 15 is 0 Å². The molecular weight excluding hydrogens is 468 g/mol. The van der Waals surface area contributed by atoms with Crippen molar-refractivity contribution < 1.29 is 22.4 Å². The number of aryl methyl sites for hydroxylation is 1. The van der Waals surface area contributed by atoms with Gasteiger partial charge in [-0.2, -0.15) is 0 Å². The first-order valence-corrected chi connectivity index (χ1v) is 8.72. The smallest absolute Gasteiger partial charge is 0 e. The van der Waals surface area contributed by atoms with Gasteiger partial charge in [0.15, 0.2) is 0 Å². The maximum Gasteiger partial charge on any atom is 0 e. The van der Waals surface area contributed by atoms with Gasteiger partial charge < -0.3 is 0 Å². The number of benzene rings is 3. The number of hydrogen-bond acceptors (Lipinski definition) is 0. The fourth-order valence-corrected chi connectivity index (χ4v) is 5.16. The van der Waals surface area contributed by atoms with Gasteiger partial charge in [0.1, 0.15) is 0 Å². The quantitative estimate of drug-likeness (QED) is 0.386. The molecule has 0 saturated carbocycles. The molecule has 3 aromatic rings. The Morgan fingerprint density at radius 2 is 1.09 bits per heavy atom. The molecule has 0 fully saturated rings. The van der Waals surface area contributed by atoms with Crippen LogP contribution in [0.1, 0.15) is 12.5 Å². The molecule has 0 heterocycles. The van der Waals surface area contributed by atoms with Crippen molar-refractivity contribution in [2.45, 2.75) is 13.3 Å². The molecule has 3 aromatic carbocycles. The zero-order valence-corrected chi connectivity index (χ0v) is 15.6. The second-order valence-corrected chi connectivity index (χ2v) is 7.17. The number of hydrogen-bond donors (Lipinski definition) is 0. The Kier molecular flexibility index (Phi) is 6.61. The van der Waals surface area contributed by atoms with Crippen LogP contribution in [0.15, 0.2) is 84.9 Å². The van der Waals surface area contributed by atoms with Gasteiger partial charge in [0, 0.05) is 22.4 Å². The molecule has 0 aliphatic carbocycles. The molecule has 0 unspecified atom stereocenters. The Morgan fingerprint density at radius 1 is 0.636 bits per heavy atom. The van der Waals surface area contributed by atoms with Crippen LogP contribution >= 0.6 is 7.92 Å². The monoisotopic (exact) mass is 487 g/mol. The van der Waals surface area contributed by atoms with Crippen LogP contribution < -0.4 is 15.9 Å². The SMILES string of the molecule is CCc1ccccc1P(c1ccccc1)c1ccccc1.[Au]. The van der Waals surface area contributed by atoms with Crippen LogP contribution in [0.4, 0.5) is 0 Å². The first kappa shape index (κ1) is 17.2. The molecule has 0 aliphatic heterocycles. The normalized spacial score (nSPS) is 10.3. The molecule has 2 heteroatoms. The van der Waals surface area contributed by atoms with Crippen molar-refractivity contribution in [3.05, 3.63) is 90.5 Å². The summed E-state index contributed by atoms with van der Waals surface area (Å²) in [6.07, 6.45) is 1.08. The zero-order valence-electron chi connectivity index (χ0n) is 12.5. The third-order valence-corrected chi connectivity index (χ3v) is 6.19. The molecule has 0 aliphatic rings. The van der Waals surface area contributed by atoms with Crippen molar-refractivity contribution in [3.63, 3.8) is 0 Å². The van der Waals surface area contributed by atoms with Gasteiger partial charge in [0.2, 0.25) is 0 Å². The van der Waals surface area contributed by atoms with Crippen LogP contribution in [0, 0.1) is 0 Å². The molecule has 3 rings (SSSR count). The van der Waals surface area contributed by atoms with Gasteiger partial charge in [0.25, 0.3) is 0 Å². The maximum atomic E-state index is 2.30. The van der Waals surface area contributed by atoms with Crippen LogP contribution in [0.25, 0.3) is 0 Å². The fourth-order valence-electron chi connectivity index (χ4n) is 2.61. The first-order valence-electron chi connectivity index (χ1n) is 7.38. The summed E-state index contributed by atoms with van der Waals surface area (Å²) in [5.41, 5.74) is 1.45. The Morgan fingerprint density at radius 3 is 1.59 bits per heavy atom. The summed E-state index contributed by atoms with van der Waals surface area (Å²) in [5, 5.41) is 4.31. The molecule has 0 saturated heterocycles. The molecule has 115 valence electrons. The average molecular weight is 487 g/mol. The van der Waals surface area contributed by atoms with Gasteiger partial charge in [-0.3, -0.25) is 0 Å². The van der Waals surface area contributed by atoms with E-state index < -0.39 is 7.92 Å². The van der Waals surface area contributed by atoms with E-state index in [2.05, 4.69) is 91.9 Å². The molecule has 22 heavy (non-hydrogen) atoms. The molecular formula is C20H19AuP. The van der Waals surface area contributed by atoms with Crippen molar-refractivity contribution in [2.75, 3.05) is 0 Å². The van der Waals surface area contributed by atoms with Crippen molar-refractivity contribution in [3.8, 4) is 0 Å². The minimum absolute atomic E-state index is 0. The van der Waals surface area contributed by atoms with E-state index in [-0.39, 0.29) is 22.4 Å². The van der Waals surface area contributed by atoms with Gasteiger partial charge in [-0.05, 0) is 35.8 Å². The molecule has 0 atom stereocenters. The van der Waals surface area contributed by atoms with Crippen molar-refractivity contribution >= 4 is 23.8 Å². The van der Waals surface area contributed by atoms with Gasteiger partial charge in [-0.1, -0.05) is 91.9 Å². The van der Waals surface area contributed by atoms with Gasteiger partial charge in [-0.15, -0.1) is 0 Å². The number of rotatable bonds is 4. The third-order valence-electron chi connectivity index (χ3n) is 3.64. The molecule has 0 nitrogen and oxygen atoms in total. The average Bonchev–Trinajstić information content (AvgIpc) is 2.58. The van der Waals surface area contributed by atoms with Crippen molar-refractivity contribution in [1.29, 1.82) is 0 Å². The topological polar surface area (TPSA) is 0 Å².